The molecule has 0 aliphatic heterocycles. The van der Waals surface area contributed by atoms with Gasteiger partial charge in [-0.2, -0.15) is 0 Å². The molecule has 6 heteroatoms. The van der Waals surface area contributed by atoms with Gasteiger partial charge in [-0.25, -0.2) is 14.4 Å². The molecular weight excluding hydrogens is 331 g/mol. The number of aromatic nitrogens is 3. The highest BCUT2D eigenvalue weighted by Crippen LogP contribution is 2.32. The maximum atomic E-state index is 14.0. The molecule has 1 aliphatic rings. The zero-order chi connectivity index (χ0) is 18.1. The first kappa shape index (κ1) is 16.7. The molecule has 0 unspecified atom stereocenters. The second kappa shape index (κ2) is 6.86. The van der Waals surface area contributed by atoms with E-state index in [0.29, 0.717) is 22.5 Å². The van der Waals surface area contributed by atoms with E-state index in [1.165, 1.54) is 6.07 Å². The fraction of sp³-hybridized carbons (Fsp3) is 0.350. The standard InChI is InChI=1S/C20H21FN4O/c1-12-5-6-16(21)15-10-18(25-19(12)15)20(26)24-14-4-2-3-13(9-14)17-7-8-22-11-23-17/h5-8,10-11,13-14,25H,2-4,9H2,1H3,(H,24,26)/t13-,14+/m0/s1. The van der Waals surface area contributed by atoms with Gasteiger partial charge in [0.15, 0.2) is 0 Å². The summed E-state index contributed by atoms with van der Waals surface area (Å²) >= 11 is 0. The van der Waals surface area contributed by atoms with Gasteiger partial charge in [-0.1, -0.05) is 12.5 Å². The molecule has 2 atom stereocenters. The van der Waals surface area contributed by atoms with Gasteiger partial charge in [0, 0.05) is 29.2 Å². The van der Waals surface area contributed by atoms with Crippen LogP contribution in [0.2, 0.25) is 0 Å². The number of H-pyrrole nitrogens is 1. The molecule has 1 fully saturated rings. The zero-order valence-electron chi connectivity index (χ0n) is 14.6. The third-order valence-corrected chi connectivity index (χ3v) is 5.23. The van der Waals surface area contributed by atoms with E-state index in [2.05, 4.69) is 20.3 Å². The molecular formula is C20H21FN4O. The summed E-state index contributed by atoms with van der Waals surface area (Å²) < 4.78 is 14.0. The average Bonchev–Trinajstić information content (AvgIpc) is 3.13. The summed E-state index contributed by atoms with van der Waals surface area (Å²) in [6.07, 6.45) is 7.24. The third kappa shape index (κ3) is 3.19. The van der Waals surface area contributed by atoms with Crippen molar-refractivity contribution in [2.75, 3.05) is 0 Å². The molecule has 26 heavy (non-hydrogen) atoms. The minimum atomic E-state index is -0.317. The number of aryl methyl sites for hydroxylation is 1. The van der Waals surface area contributed by atoms with Gasteiger partial charge >= 0.3 is 0 Å². The molecule has 2 N–H and O–H groups in total. The van der Waals surface area contributed by atoms with Crippen molar-refractivity contribution < 1.29 is 9.18 Å². The number of hydrogen-bond donors (Lipinski definition) is 2. The second-order valence-corrected chi connectivity index (χ2v) is 7.00. The highest BCUT2D eigenvalue weighted by molar-refractivity contribution is 5.99. The van der Waals surface area contributed by atoms with E-state index in [1.807, 2.05) is 13.0 Å². The van der Waals surface area contributed by atoms with E-state index in [0.717, 1.165) is 36.9 Å². The minimum absolute atomic E-state index is 0.0913. The number of amides is 1. The van der Waals surface area contributed by atoms with Crippen LogP contribution in [0, 0.1) is 12.7 Å². The lowest BCUT2D eigenvalue weighted by atomic mass is 9.83. The summed E-state index contributed by atoms with van der Waals surface area (Å²) in [5, 5.41) is 3.55. The average molecular weight is 352 g/mol. The number of benzene rings is 1. The SMILES string of the molecule is Cc1ccc(F)c2cc(C(=O)N[C@@H]3CCC[C@H](c4ccncn4)C3)[nH]c12. The lowest BCUT2D eigenvalue weighted by Gasteiger charge is -2.29. The summed E-state index contributed by atoms with van der Waals surface area (Å²) in [5.41, 5.74) is 3.03. The second-order valence-electron chi connectivity index (χ2n) is 7.00. The van der Waals surface area contributed by atoms with Crippen LogP contribution in [0.25, 0.3) is 10.9 Å². The van der Waals surface area contributed by atoms with Crippen molar-refractivity contribution in [3.05, 3.63) is 59.6 Å². The Balaban J connectivity index is 1.49. The van der Waals surface area contributed by atoms with Crippen molar-refractivity contribution in [2.45, 2.75) is 44.6 Å². The maximum absolute atomic E-state index is 14.0. The van der Waals surface area contributed by atoms with Gasteiger partial charge in [0.05, 0.1) is 5.52 Å². The van der Waals surface area contributed by atoms with Crippen LogP contribution in [-0.2, 0) is 0 Å². The van der Waals surface area contributed by atoms with E-state index in [1.54, 1.807) is 24.7 Å². The summed E-state index contributed by atoms with van der Waals surface area (Å²) in [5.74, 6) is -0.171. The molecule has 0 spiro atoms. The molecule has 1 saturated carbocycles. The Kier molecular flexibility index (Phi) is 4.41. The molecule has 134 valence electrons. The molecule has 3 aromatic rings. The molecule has 2 aromatic heterocycles. The number of fused-ring (bicyclic) bond motifs is 1. The topological polar surface area (TPSA) is 70.7 Å². The normalized spacial score (nSPS) is 20.2. The first-order chi connectivity index (χ1) is 12.6. The highest BCUT2D eigenvalue weighted by atomic mass is 19.1. The van der Waals surface area contributed by atoms with Crippen LogP contribution >= 0.6 is 0 Å². The van der Waals surface area contributed by atoms with Crippen LogP contribution in [0.15, 0.2) is 36.8 Å². The zero-order valence-corrected chi connectivity index (χ0v) is 14.6. The molecule has 1 aromatic carbocycles. The van der Waals surface area contributed by atoms with Crippen LogP contribution in [0.4, 0.5) is 4.39 Å². The van der Waals surface area contributed by atoms with Gasteiger partial charge in [-0.15, -0.1) is 0 Å². The Labute approximate surface area is 151 Å². The number of nitrogens with zero attached hydrogens (tertiary/aromatic N) is 2. The third-order valence-electron chi connectivity index (χ3n) is 5.23. The van der Waals surface area contributed by atoms with Gasteiger partial charge in [0.1, 0.15) is 17.8 Å². The quantitative estimate of drug-likeness (QED) is 0.752. The molecule has 0 radical (unpaired) electrons. The van der Waals surface area contributed by atoms with Crippen LogP contribution in [0.5, 0.6) is 0 Å². The predicted octanol–water partition coefficient (Wildman–Crippen LogP) is 3.86. The van der Waals surface area contributed by atoms with E-state index in [4.69, 9.17) is 0 Å². The van der Waals surface area contributed by atoms with Gasteiger partial charge in [-0.3, -0.25) is 4.79 Å². The van der Waals surface area contributed by atoms with Crippen molar-refractivity contribution in [2.24, 2.45) is 0 Å². The Hall–Kier alpha value is -2.76. The monoisotopic (exact) mass is 352 g/mol. The Morgan fingerprint density at radius 3 is 2.96 bits per heavy atom. The molecule has 4 rings (SSSR count). The van der Waals surface area contributed by atoms with E-state index in [-0.39, 0.29) is 17.8 Å². The van der Waals surface area contributed by atoms with Crippen molar-refractivity contribution in [3.63, 3.8) is 0 Å². The lowest BCUT2D eigenvalue weighted by Crippen LogP contribution is -2.38. The molecule has 1 aliphatic carbocycles. The van der Waals surface area contributed by atoms with Gasteiger partial charge in [0.2, 0.25) is 0 Å². The minimum Gasteiger partial charge on any atom is -0.350 e. The summed E-state index contributed by atoms with van der Waals surface area (Å²) in [4.78, 5) is 24.0. The Morgan fingerprint density at radius 2 is 2.19 bits per heavy atom. The molecule has 1 amide bonds. The van der Waals surface area contributed by atoms with Gasteiger partial charge in [0.25, 0.3) is 5.91 Å². The number of carbonyl (C=O) groups is 1. The van der Waals surface area contributed by atoms with E-state index >= 15 is 0 Å². The summed E-state index contributed by atoms with van der Waals surface area (Å²) in [6, 6.07) is 6.77. The summed E-state index contributed by atoms with van der Waals surface area (Å²) in [6.45, 7) is 1.90. The fourth-order valence-electron chi connectivity index (χ4n) is 3.84. The van der Waals surface area contributed by atoms with Crippen molar-refractivity contribution >= 4 is 16.8 Å². The molecule has 2 heterocycles. The first-order valence-electron chi connectivity index (χ1n) is 8.96. The number of rotatable bonds is 3. The fourth-order valence-corrected chi connectivity index (χ4v) is 3.84. The van der Waals surface area contributed by atoms with Gasteiger partial charge < -0.3 is 10.3 Å². The van der Waals surface area contributed by atoms with Crippen molar-refractivity contribution in [1.82, 2.24) is 20.3 Å². The molecule has 5 nitrogen and oxygen atoms in total. The van der Waals surface area contributed by atoms with Crippen LogP contribution in [-0.4, -0.2) is 26.9 Å². The van der Waals surface area contributed by atoms with Gasteiger partial charge in [-0.05, 0) is 49.9 Å². The number of aromatic amines is 1. The number of nitrogens with one attached hydrogen (secondary N) is 2. The molecule has 0 bridgehead atoms. The van der Waals surface area contributed by atoms with Crippen LogP contribution in [0.3, 0.4) is 0 Å². The highest BCUT2D eigenvalue weighted by Gasteiger charge is 2.26. The van der Waals surface area contributed by atoms with Crippen molar-refractivity contribution in [1.29, 1.82) is 0 Å². The first-order valence-corrected chi connectivity index (χ1v) is 8.96. The summed E-state index contributed by atoms with van der Waals surface area (Å²) in [7, 11) is 0. The number of hydrogen-bond acceptors (Lipinski definition) is 3. The maximum Gasteiger partial charge on any atom is 0.267 e. The lowest BCUT2D eigenvalue weighted by molar-refractivity contribution is 0.0920. The molecule has 0 saturated heterocycles. The Bertz CT molecular complexity index is 899. The predicted molar refractivity (Wildman–Crippen MR) is 97.5 cm³/mol. The number of carbonyl (C=O) groups excluding carboxylic acids is 1. The van der Waals surface area contributed by atoms with E-state index < -0.39 is 0 Å². The van der Waals surface area contributed by atoms with Crippen LogP contribution < -0.4 is 5.32 Å². The van der Waals surface area contributed by atoms with Crippen molar-refractivity contribution in [3.8, 4) is 0 Å². The largest absolute Gasteiger partial charge is 0.350 e. The number of halogens is 1. The smallest absolute Gasteiger partial charge is 0.267 e. The van der Waals surface area contributed by atoms with Crippen LogP contribution in [0.1, 0.15) is 53.3 Å². The Morgan fingerprint density at radius 1 is 1.31 bits per heavy atom. The van der Waals surface area contributed by atoms with E-state index in [9.17, 15) is 9.18 Å².